The van der Waals surface area contributed by atoms with E-state index in [1.165, 1.54) is 6.07 Å². The van der Waals surface area contributed by atoms with Crippen LogP contribution in [0.25, 0.3) is 22.3 Å². The first-order valence-electron chi connectivity index (χ1n) is 8.08. The largest absolute Gasteiger partial charge is 0.347 e. The Bertz CT molecular complexity index is 1180. The van der Waals surface area contributed by atoms with Crippen LogP contribution in [0.1, 0.15) is 16.8 Å². The average molecular weight is 360 g/mol. The highest BCUT2D eigenvalue weighted by Gasteiger charge is 2.10. The number of anilines is 1. The van der Waals surface area contributed by atoms with E-state index < -0.39 is 5.95 Å². The third kappa shape index (κ3) is 3.28. The van der Waals surface area contributed by atoms with Crippen LogP contribution in [0.5, 0.6) is 0 Å². The summed E-state index contributed by atoms with van der Waals surface area (Å²) in [5, 5.41) is 27.6. The molecule has 0 aliphatic rings. The summed E-state index contributed by atoms with van der Waals surface area (Å²) in [6.45, 7) is 2.23. The Morgan fingerprint density at radius 1 is 1.22 bits per heavy atom. The molecule has 0 spiro atoms. The van der Waals surface area contributed by atoms with E-state index in [2.05, 4.69) is 41.7 Å². The minimum Gasteiger partial charge on any atom is -0.347 e. The number of rotatable bonds is 4. The zero-order valence-electron chi connectivity index (χ0n) is 14.2. The Hall–Kier alpha value is -3.93. The number of hydrogen-bond donors (Lipinski definition) is 2. The fraction of sp³-hybridized carbons (Fsp3) is 0.111. The molecule has 3 aromatic heterocycles. The molecule has 2 N–H and O–H groups in total. The molecule has 0 fully saturated rings. The Labute approximate surface area is 153 Å². The number of benzene rings is 1. The van der Waals surface area contributed by atoms with Crippen molar-refractivity contribution in [3.05, 3.63) is 59.3 Å². The van der Waals surface area contributed by atoms with Crippen LogP contribution in [-0.4, -0.2) is 30.4 Å². The molecule has 4 aromatic rings. The summed E-state index contributed by atoms with van der Waals surface area (Å²) >= 11 is 0. The zero-order valence-corrected chi connectivity index (χ0v) is 14.2. The van der Waals surface area contributed by atoms with Crippen molar-refractivity contribution < 1.29 is 4.39 Å². The summed E-state index contributed by atoms with van der Waals surface area (Å²) in [6.07, 6.45) is 1.57. The standard InChI is InChI=1S/C18H13FN8/c1-10-6-11(7-20)2-3-12(10)14-9-22-27-18(23-14)21-8-15-13-4-5-16(19)24-17(13)26-25-15/h2-6,9H,8H2,1H3,(H,21,23,27)(H,24,25,26). The second-order valence-corrected chi connectivity index (χ2v) is 5.86. The predicted molar refractivity (Wildman–Crippen MR) is 95.9 cm³/mol. The van der Waals surface area contributed by atoms with E-state index in [4.69, 9.17) is 5.26 Å². The Kier molecular flexibility index (Phi) is 4.14. The molecule has 0 bridgehead atoms. The van der Waals surface area contributed by atoms with Gasteiger partial charge in [0.05, 0.1) is 35.8 Å². The van der Waals surface area contributed by atoms with Gasteiger partial charge in [-0.05, 0) is 36.8 Å². The molecular weight excluding hydrogens is 347 g/mol. The lowest BCUT2D eigenvalue weighted by molar-refractivity contribution is 0.588. The van der Waals surface area contributed by atoms with Gasteiger partial charge in [0, 0.05) is 10.9 Å². The number of halogens is 1. The predicted octanol–water partition coefficient (Wildman–Crippen LogP) is 2.74. The number of nitriles is 1. The smallest absolute Gasteiger partial charge is 0.243 e. The van der Waals surface area contributed by atoms with Gasteiger partial charge in [-0.3, -0.25) is 5.10 Å². The summed E-state index contributed by atoms with van der Waals surface area (Å²) in [4.78, 5) is 8.22. The molecule has 0 aliphatic heterocycles. The Morgan fingerprint density at radius 2 is 2.11 bits per heavy atom. The average Bonchev–Trinajstić information content (AvgIpc) is 3.08. The number of nitrogens with zero attached hydrogens (tertiary/aromatic N) is 6. The van der Waals surface area contributed by atoms with Crippen LogP contribution < -0.4 is 5.32 Å². The van der Waals surface area contributed by atoms with Crippen molar-refractivity contribution in [2.45, 2.75) is 13.5 Å². The first kappa shape index (κ1) is 16.5. The van der Waals surface area contributed by atoms with Gasteiger partial charge < -0.3 is 5.32 Å². The van der Waals surface area contributed by atoms with Crippen LogP contribution >= 0.6 is 0 Å². The molecule has 0 unspecified atom stereocenters. The van der Waals surface area contributed by atoms with Crippen LogP contribution in [0, 0.1) is 24.2 Å². The van der Waals surface area contributed by atoms with Crippen molar-refractivity contribution in [2.24, 2.45) is 0 Å². The number of aromatic nitrogens is 6. The van der Waals surface area contributed by atoms with Crippen molar-refractivity contribution >= 4 is 17.0 Å². The SMILES string of the molecule is Cc1cc(C#N)ccc1-c1cnnc(NCc2n[nH]c3nc(F)ccc23)n1. The number of aryl methyl sites for hydroxylation is 1. The molecule has 0 aliphatic carbocycles. The van der Waals surface area contributed by atoms with Crippen molar-refractivity contribution in [1.82, 2.24) is 30.4 Å². The van der Waals surface area contributed by atoms with E-state index in [-0.39, 0.29) is 0 Å². The maximum Gasteiger partial charge on any atom is 0.243 e. The second kappa shape index (κ2) is 6.76. The minimum atomic E-state index is -0.566. The monoisotopic (exact) mass is 360 g/mol. The van der Waals surface area contributed by atoms with Gasteiger partial charge in [-0.25, -0.2) is 9.97 Å². The van der Waals surface area contributed by atoms with E-state index in [1.54, 1.807) is 24.4 Å². The Morgan fingerprint density at radius 3 is 2.93 bits per heavy atom. The number of fused-ring (bicyclic) bond motifs is 1. The maximum atomic E-state index is 13.2. The molecular formula is C18H13FN8. The molecule has 1 aromatic carbocycles. The van der Waals surface area contributed by atoms with Gasteiger partial charge in [-0.15, -0.1) is 5.10 Å². The van der Waals surface area contributed by atoms with Crippen LogP contribution in [0.15, 0.2) is 36.5 Å². The van der Waals surface area contributed by atoms with Gasteiger partial charge in [-0.1, -0.05) is 6.07 Å². The van der Waals surface area contributed by atoms with E-state index in [1.807, 2.05) is 13.0 Å². The van der Waals surface area contributed by atoms with Crippen LogP contribution in [0.3, 0.4) is 0 Å². The van der Waals surface area contributed by atoms with E-state index in [9.17, 15) is 4.39 Å². The van der Waals surface area contributed by atoms with Crippen molar-refractivity contribution in [3.63, 3.8) is 0 Å². The summed E-state index contributed by atoms with van der Waals surface area (Å²) in [5.74, 6) is -0.230. The van der Waals surface area contributed by atoms with E-state index in [0.29, 0.717) is 35.1 Å². The fourth-order valence-electron chi connectivity index (χ4n) is 2.76. The van der Waals surface area contributed by atoms with Crippen LogP contribution in [-0.2, 0) is 6.54 Å². The first-order valence-corrected chi connectivity index (χ1v) is 8.08. The molecule has 3 heterocycles. The third-order valence-corrected chi connectivity index (χ3v) is 4.07. The summed E-state index contributed by atoms with van der Waals surface area (Å²) in [5.41, 5.74) is 4.08. The molecule has 0 saturated heterocycles. The van der Waals surface area contributed by atoms with E-state index >= 15 is 0 Å². The molecule has 9 heteroatoms. The number of H-pyrrole nitrogens is 1. The normalized spacial score (nSPS) is 10.7. The van der Waals surface area contributed by atoms with Crippen LogP contribution in [0.4, 0.5) is 10.3 Å². The maximum absolute atomic E-state index is 13.2. The lowest BCUT2D eigenvalue weighted by atomic mass is 10.0. The minimum absolute atomic E-state index is 0.324. The quantitative estimate of drug-likeness (QED) is 0.538. The fourth-order valence-corrected chi connectivity index (χ4v) is 2.76. The third-order valence-electron chi connectivity index (χ3n) is 4.07. The summed E-state index contributed by atoms with van der Waals surface area (Å²) in [6, 6.07) is 10.4. The number of aromatic amines is 1. The highest BCUT2D eigenvalue weighted by atomic mass is 19.1. The lowest BCUT2D eigenvalue weighted by Crippen LogP contribution is -2.06. The molecule has 0 saturated carbocycles. The van der Waals surface area contributed by atoms with Gasteiger partial charge in [-0.2, -0.15) is 19.8 Å². The van der Waals surface area contributed by atoms with E-state index in [0.717, 1.165) is 16.5 Å². The van der Waals surface area contributed by atoms with Crippen LogP contribution in [0.2, 0.25) is 0 Å². The van der Waals surface area contributed by atoms with Gasteiger partial charge in [0.25, 0.3) is 0 Å². The summed E-state index contributed by atoms with van der Waals surface area (Å²) < 4.78 is 13.2. The number of pyridine rings is 1. The van der Waals surface area contributed by atoms with Gasteiger partial charge in [0.1, 0.15) is 0 Å². The lowest BCUT2D eigenvalue weighted by Gasteiger charge is -2.07. The first-order chi connectivity index (χ1) is 13.1. The molecule has 27 heavy (non-hydrogen) atoms. The molecule has 132 valence electrons. The molecule has 8 nitrogen and oxygen atoms in total. The van der Waals surface area contributed by atoms with Crippen molar-refractivity contribution in [3.8, 4) is 17.3 Å². The summed E-state index contributed by atoms with van der Waals surface area (Å²) in [7, 11) is 0. The Balaban J connectivity index is 1.57. The zero-order chi connectivity index (χ0) is 18.8. The highest BCUT2D eigenvalue weighted by Crippen LogP contribution is 2.22. The topological polar surface area (TPSA) is 116 Å². The highest BCUT2D eigenvalue weighted by molar-refractivity contribution is 5.77. The van der Waals surface area contributed by atoms with Gasteiger partial charge >= 0.3 is 0 Å². The second-order valence-electron chi connectivity index (χ2n) is 5.86. The molecule has 0 amide bonds. The number of hydrogen-bond acceptors (Lipinski definition) is 7. The molecule has 0 atom stereocenters. The van der Waals surface area contributed by atoms with Gasteiger partial charge in [0.15, 0.2) is 5.65 Å². The molecule has 0 radical (unpaired) electrons. The van der Waals surface area contributed by atoms with Gasteiger partial charge in [0.2, 0.25) is 11.9 Å². The van der Waals surface area contributed by atoms with Crippen molar-refractivity contribution in [2.75, 3.05) is 5.32 Å². The van der Waals surface area contributed by atoms with Crippen molar-refractivity contribution in [1.29, 1.82) is 5.26 Å². The number of nitrogens with one attached hydrogen (secondary N) is 2. The molecule has 4 rings (SSSR count).